The summed E-state index contributed by atoms with van der Waals surface area (Å²) < 4.78 is 2.28. The molecular weight excluding hydrogens is 244 g/mol. The fourth-order valence-electron chi connectivity index (χ4n) is 5.20. The molecule has 4 nitrogen and oxygen atoms in total. The van der Waals surface area contributed by atoms with Crippen LogP contribution < -0.4 is 5.73 Å². The second-order valence-electron chi connectivity index (χ2n) is 6.52. The van der Waals surface area contributed by atoms with Crippen LogP contribution in [-0.2, 0) is 5.54 Å². The number of thioether (sulfide) groups is 1. The van der Waals surface area contributed by atoms with Gasteiger partial charge in [0, 0.05) is 0 Å². The Hall–Kier alpha value is -0.710. The summed E-state index contributed by atoms with van der Waals surface area (Å²) in [5.74, 6) is 3.40. The molecule has 0 aromatic carbocycles. The molecule has 5 heteroatoms. The first-order valence-electron chi connectivity index (χ1n) is 6.95. The summed E-state index contributed by atoms with van der Waals surface area (Å²) in [5, 5.41) is 9.37. The highest BCUT2D eigenvalue weighted by atomic mass is 32.2. The fraction of sp³-hybridized carbons (Fsp3) is 0.846. The summed E-state index contributed by atoms with van der Waals surface area (Å²) >= 11 is 1.67. The van der Waals surface area contributed by atoms with Crippen LogP contribution in [0.5, 0.6) is 0 Å². The first kappa shape index (κ1) is 11.1. The molecular formula is C13H20N4S. The Balaban J connectivity index is 1.81. The van der Waals surface area contributed by atoms with E-state index in [-0.39, 0.29) is 5.54 Å². The molecule has 5 rings (SSSR count). The van der Waals surface area contributed by atoms with Gasteiger partial charge in [0.05, 0.1) is 5.54 Å². The van der Waals surface area contributed by atoms with Gasteiger partial charge >= 0.3 is 0 Å². The van der Waals surface area contributed by atoms with E-state index >= 15 is 0 Å². The summed E-state index contributed by atoms with van der Waals surface area (Å²) in [5.41, 5.74) is 6.37. The topological polar surface area (TPSA) is 56.7 Å². The highest BCUT2D eigenvalue weighted by Gasteiger charge is 2.53. The average molecular weight is 264 g/mol. The fourth-order valence-corrected chi connectivity index (χ4v) is 5.79. The lowest BCUT2D eigenvalue weighted by atomic mass is 9.53. The van der Waals surface area contributed by atoms with Crippen molar-refractivity contribution in [1.82, 2.24) is 14.8 Å². The molecule has 1 aromatic heterocycles. The van der Waals surface area contributed by atoms with Crippen molar-refractivity contribution in [3.8, 4) is 0 Å². The van der Waals surface area contributed by atoms with Crippen molar-refractivity contribution in [3.05, 3.63) is 0 Å². The first-order chi connectivity index (χ1) is 8.70. The van der Waals surface area contributed by atoms with Gasteiger partial charge in [-0.05, 0) is 62.5 Å². The second kappa shape index (κ2) is 3.65. The van der Waals surface area contributed by atoms with Gasteiger partial charge in [-0.2, -0.15) is 0 Å². The Morgan fingerprint density at radius 2 is 1.67 bits per heavy atom. The Kier molecular flexibility index (Phi) is 2.26. The molecule has 0 aliphatic heterocycles. The molecule has 4 fully saturated rings. The van der Waals surface area contributed by atoms with Crippen LogP contribution in [0.1, 0.15) is 38.5 Å². The van der Waals surface area contributed by atoms with Crippen molar-refractivity contribution in [2.45, 2.75) is 49.2 Å². The molecule has 0 saturated heterocycles. The first-order valence-corrected chi connectivity index (χ1v) is 8.18. The number of nitrogens with two attached hydrogens (primary N) is 1. The van der Waals surface area contributed by atoms with E-state index < -0.39 is 0 Å². The zero-order valence-electron chi connectivity index (χ0n) is 10.8. The van der Waals surface area contributed by atoms with Gasteiger partial charge in [-0.1, -0.05) is 11.8 Å². The lowest BCUT2D eigenvalue weighted by Crippen LogP contribution is -2.52. The monoisotopic (exact) mass is 264 g/mol. The van der Waals surface area contributed by atoms with E-state index in [4.69, 9.17) is 5.73 Å². The molecule has 2 N–H and O–H groups in total. The highest BCUT2D eigenvalue weighted by Crippen LogP contribution is 2.59. The van der Waals surface area contributed by atoms with E-state index in [9.17, 15) is 0 Å². The van der Waals surface area contributed by atoms with Gasteiger partial charge in [0.2, 0.25) is 5.95 Å². The van der Waals surface area contributed by atoms with E-state index in [0.29, 0.717) is 5.95 Å². The largest absolute Gasteiger partial charge is 0.368 e. The van der Waals surface area contributed by atoms with E-state index in [2.05, 4.69) is 21.0 Å². The predicted octanol–water partition coefficient (Wildman–Crippen LogP) is 2.51. The molecule has 1 aromatic rings. The van der Waals surface area contributed by atoms with E-state index in [1.54, 1.807) is 11.8 Å². The van der Waals surface area contributed by atoms with Crippen LogP contribution in [0.15, 0.2) is 5.16 Å². The maximum absolute atomic E-state index is 6.11. The molecule has 0 spiro atoms. The molecule has 0 amide bonds. The van der Waals surface area contributed by atoms with E-state index in [1.165, 1.54) is 38.5 Å². The summed E-state index contributed by atoms with van der Waals surface area (Å²) in [4.78, 5) is 0. The summed E-state index contributed by atoms with van der Waals surface area (Å²) in [6.07, 6.45) is 10.3. The lowest BCUT2D eigenvalue weighted by molar-refractivity contribution is -0.0461. The summed E-state index contributed by atoms with van der Waals surface area (Å²) in [7, 11) is 0. The Bertz CT molecular complexity index is 446. The van der Waals surface area contributed by atoms with Gasteiger partial charge in [-0.15, -0.1) is 10.2 Å². The average Bonchev–Trinajstić information content (AvgIpc) is 2.69. The Morgan fingerprint density at radius 1 is 1.11 bits per heavy atom. The molecule has 4 aliphatic rings. The summed E-state index contributed by atoms with van der Waals surface area (Å²) in [6.45, 7) is 0. The number of nitrogen functional groups attached to an aromatic ring is 1. The Morgan fingerprint density at radius 3 is 2.17 bits per heavy atom. The minimum absolute atomic E-state index is 0.251. The third kappa shape index (κ3) is 1.40. The van der Waals surface area contributed by atoms with E-state index in [1.807, 2.05) is 0 Å². The van der Waals surface area contributed by atoms with E-state index in [0.717, 1.165) is 22.9 Å². The van der Waals surface area contributed by atoms with Crippen LogP contribution in [0, 0.1) is 17.8 Å². The smallest absolute Gasteiger partial charge is 0.223 e. The van der Waals surface area contributed by atoms with Crippen molar-refractivity contribution in [2.24, 2.45) is 17.8 Å². The van der Waals surface area contributed by atoms with Crippen LogP contribution in [0.25, 0.3) is 0 Å². The number of rotatable bonds is 2. The van der Waals surface area contributed by atoms with Crippen molar-refractivity contribution < 1.29 is 0 Å². The van der Waals surface area contributed by atoms with Crippen LogP contribution in [0.3, 0.4) is 0 Å². The maximum atomic E-state index is 6.11. The third-order valence-electron chi connectivity index (χ3n) is 5.32. The minimum atomic E-state index is 0.251. The minimum Gasteiger partial charge on any atom is -0.368 e. The van der Waals surface area contributed by atoms with Crippen molar-refractivity contribution in [2.75, 3.05) is 12.0 Å². The third-order valence-corrected chi connectivity index (χ3v) is 5.95. The number of hydrogen-bond acceptors (Lipinski definition) is 4. The predicted molar refractivity (Wildman–Crippen MR) is 72.4 cm³/mol. The second-order valence-corrected chi connectivity index (χ2v) is 7.30. The quantitative estimate of drug-likeness (QED) is 0.834. The highest BCUT2D eigenvalue weighted by molar-refractivity contribution is 7.98. The zero-order chi connectivity index (χ0) is 12.3. The summed E-state index contributed by atoms with van der Waals surface area (Å²) in [6, 6.07) is 0. The SMILES string of the molecule is CSc1nnc(N)n1C12CC3CC(CC(C3)C1)C2. The van der Waals surface area contributed by atoms with Gasteiger partial charge in [-0.3, -0.25) is 4.57 Å². The number of hydrogen-bond donors (Lipinski definition) is 1. The molecule has 0 atom stereocenters. The van der Waals surface area contributed by atoms with Gasteiger partial charge < -0.3 is 5.73 Å². The molecule has 4 aliphatic carbocycles. The van der Waals surface area contributed by atoms with Crippen molar-refractivity contribution in [3.63, 3.8) is 0 Å². The number of nitrogens with zero attached hydrogens (tertiary/aromatic N) is 3. The van der Waals surface area contributed by atoms with Gasteiger partial charge in [-0.25, -0.2) is 0 Å². The van der Waals surface area contributed by atoms with Gasteiger partial charge in [0.25, 0.3) is 0 Å². The number of aromatic nitrogens is 3. The molecule has 0 unspecified atom stereocenters. The molecule has 4 saturated carbocycles. The molecule has 0 radical (unpaired) electrons. The van der Waals surface area contributed by atoms with Crippen LogP contribution in [0.4, 0.5) is 5.95 Å². The zero-order valence-corrected chi connectivity index (χ0v) is 11.6. The Labute approximate surface area is 112 Å². The molecule has 18 heavy (non-hydrogen) atoms. The molecule has 98 valence electrons. The standard InChI is InChI=1S/C13H20N4S/c1-18-12-16-15-11(14)17(12)13-5-8-2-9(6-13)4-10(3-8)7-13/h8-10H,2-7H2,1H3,(H2,14,15). The van der Waals surface area contributed by atoms with Crippen LogP contribution in [-0.4, -0.2) is 21.0 Å². The van der Waals surface area contributed by atoms with Gasteiger partial charge in [0.1, 0.15) is 0 Å². The lowest BCUT2D eigenvalue weighted by Gasteiger charge is -2.57. The van der Waals surface area contributed by atoms with Gasteiger partial charge in [0.15, 0.2) is 5.16 Å². The molecule has 1 heterocycles. The van der Waals surface area contributed by atoms with Crippen molar-refractivity contribution >= 4 is 17.7 Å². The maximum Gasteiger partial charge on any atom is 0.223 e. The van der Waals surface area contributed by atoms with Crippen molar-refractivity contribution in [1.29, 1.82) is 0 Å². The van der Waals surface area contributed by atoms with Crippen LogP contribution in [0.2, 0.25) is 0 Å². The van der Waals surface area contributed by atoms with Crippen LogP contribution >= 0.6 is 11.8 Å². The normalized spacial score (nSPS) is 41.5. The molecule has 4 bridgehead atoms. The number of anilines is 1.